The topological polar surface area (TPSA) is 49.3 Å². The molecular formula is C17H30N4S. The highest BCUT2D eigenvalue weighted by atomic mass is 32.1. The molecule has 1 aromatic rings. The molecule has 0 unspecified atom stereocenters. The van der Waals surface area contributed by atoms with E-state index in [0.717, 1.165) is 29.8 Å². The molecular weight excluding hydrogens is 292 g/mol. The van der Waals surface area contributed by atoms with Crippen LogP contribution in [0.4, 0.5) is 0 Å². The van der Waals surface area contributed by atoms with Gasteiger partial charge in [0.2, 0.25) is 0 Å². The fourth-order valence-electron chi connectivity index (χ4n) is 3.15. The Morgan fingerprint density at radius 1 is 1.23 bits per heavy atom. The molecule has 0 aliphatic heterocycles. The molecule has 1 aromatic heterocycles. The second-order valence-corrected chi connectivity index (χ2v) is 7.65. The second-order valence-electron chi connectivity index (χ2n) is 6.36. The molecule has 4 nitrogen and oxygen atoms in total. The number of aryl methyl sites for hydroxylation is 2. The minimum absolute atomic E-state index is 0.477. The molecule has 1 saturated carbocycles. The first-order chi connectivity index (χ1) is 10.6. The Labute approximate surface area is 138 Å². The number of hydrogen-bond acceptors (Lipinski definition) is 3. The van der Waals surface area contributed by atoms with Gasteiger partial charge in [0.25, 0.3) is 0 Å². The van der Waals surface area contributed by atoms with Crippen molar-refractivity contribution in [2.75, 3.05) is 13.1 Å². The standard InChI is InChI=1S/C17H30N4S/c1-5-17(9-7-8-10-17)12-20-16(18-6-2)19-11-15-21-13(3)14(4)22-15/h5-12H2,1-4H3,(H2,18,19,20). The quantitative estimate of drug-likeness (QED) is 0.619. The summed E-state index contributed by atoms with van der Waals surface area (Å²) < 4.78 is 0. The lowest BCUT2D eigenvalue weighted by molar-refractivity contribution is 0.283. The summed E-state index contributed by atoms with van der Waals surface area (Å²) in [7, 11) is 0. The smallest absolute Gasteiger partial charge is 0.191 e. The van der Waals surface area contributed by atoms with Crippen molar-refractivity contribution in [1.29, 1.82) is 0 Å². The summed E-state index contributed by atoms with van der Waals surface area (Å²) in [6.45, 7) is 11.2. The predicted octanol–water partition coefficient (Wildman–Crippen LogP) is 3.79. The fraction of sp³-hybridized carbons (Fsp3) is 0.765. The largest absolute Gasteiger partial charge is 0.357 e. The Hall–Kier alpha value is -1.10. The first-order valence-corrected chi connectivity index (χ1v) is 9.35. The van der Waals surface area contributed by atoms with Gasteiger partial charge in [-0.1, -0.05) is 19.8 Å². The Balaban J connectivity index is 1.95. The van der Waals surface area contributed by atoms with Crippen LogP contribution in [0.3, 0.4) is 0 Å². The molecule has 0 saturated heterocycles. The molecule has 5 heteroatoms. The number of nitrogens with one attached hydrogen (secondary N) is 2. The molecule has 1 aliphatic rings. The van der Waals surface area contributed by atoms with Gasteiger partial charge in [0.05, 0.1) is 12.2 Å². The average Bonchev–Trinajstić information content (AvgIpc) is 3.10. The summed E-state index contributed by atoms with van der Waals surface area (Å²) in [4.78, 5) is 10.6. The minimum Gasteiger partial charge on any atom is -0.357 e. The molecule has 0 spiro atoms. The van der Waals surface area contributed by atoms with Crippen LogP contribution in [0.1, 0.15) is 61.5 Å². The van der Waals surface area contributed by atoms with Gasteiger partial charge in [-0.25, -0.2) is 9.98 Å². The number of guanidine groups is 1. The lowest BCUT2D eigenvalue weighted by atomic mass is 9.83. The van der Waals surface area contributed by atoms with Gasteiger partial charge in [0, 0.05) is 18.0 Å². The Morgan fingerprint density at radius 2 is 1.95 bits per heavy atom. The zero-order valence-electron chi connectivity index (χ0n) is 14.5. The van der Waals surface area contributed by atoms with Gasteiger partial charge >= 0.3 is 0 Å². The lowest BCUT2D eigenvalue weighted by Crippen LogP contribution is -2.42. The van der Waals surface area contributed by atoms with E-state index in [0.29, 0.717) is 12.0 Å². The van der Waals surface area contributed by atoms with Crippen LogP contribution >= 0.6 is 11.3 Å². The third-order valence-electron chi connectivity index (χ3n) is 4.83. The van der Waals surface area contributed by atoms with Crippen molar-refractivity contribution in [3.05, 3.63) is 15.6 Å². The predicted molar refractivity (Wildman–Crippen MR) is 95.6 cm³/mol. The first kappa shape index (κ1) is 17.3. The van der Waals surface area contributed by atoms with Crippen molar-refractivity contribution >= 4 is 17.3 Å². The van der Waals surface area contributed by atoms with E-state index in [4.69, 9.17) is 4.99 Å². The van der Waals surface area contributed by atoms with Crippen molar-refractivity contribution in [3.8, 4) is 0 Å². The summed E-state index contributed by atoms with van der Waals surface area (Å²) in [6, 6.07) is 0. The van der Waals surface area contributed by atoms with Gasteiger partial charge in [0.15, 0.2) is 5.96 Å². The molecule has 124 valence electrons. The van der Waals surface area contributed by atoms with Crippen LogP contribution in [-0.4, -0.2) is 24.0 Å². The SMILES string of the molecule is CCNC(=NCc1nc(C)c(C)s1)NCC1(CC)CCCC1. The van der Waals surface area contributed by atoms with Crippen LogP contribution in [-0.2, 0) is 6.54 Å². The summed E-state index contributed by atoms with van der Waals surface area (Å²) in [5, 5.41) is 8.01. The van der Waals surface area contributed by atoms with Gasteiger partial charge in [-0.3, -0.25) is 0 Å². The number of thiazole rings is 1. The first-order valence-electron chi connectivity index (χ1n) is 8.53. The summed E-state index contributed by atoms with van der Waals surface area (Å²) >= 11 is 1.75. The highest BCUT2D eigenvalue weighted by molar-refractivity contribution is 7.11. The fourth-order valence-corrected chi connectivity index (χ4v) is 4.01. The van der Waals surface area contributed by atoms with Crippen LogP contribution in [0.25, 0.3) is 0 Å². The third-order valence-corrected chi connectivity index (χ3v) is 5.89. The monoisotopic (exact) mass is 322 g/mol. The Kier molecular flexibility index (Phi) is 6.24. The Morgan fingerprint density at radius 3 is 2.50 bits per heavy atom. The number of rotatable bonds is 6. The van der Waals surface area contributed by atoms with Gasteiger partial charge in [0.1, 0.15) is 5.01 Å². The van der Waals surface area contributed by atoms with Gasteiger partial charge < -0.3 is 10.6 Å². The van der Waals surface area contributed by atoms with E-state index in [1.165, 1.54) is 37.0 Å². The lowest BCUT2D eigenvalue weighted by Gasteiger charge is -2.28. The molecule has 0 radical (unpaired) electrons. The molecule has 0 aromatic carbocycles. The average molecular weight is 323 g/mol. The van der Waals surface area contributed by atoms with Crippen molar-refractivity contribution < 1.29 is 0 Å². The van der Waals surface area contributed by atoms with Crippen LogP contribution in [0, 0.1) is 19.3 Å². The number of aliphatic imine (C=N–C) groups is 1. The maximum absolute atomic E-state index is 4.71. The molecule has 0 bridgehead atoms. The normalized spacial score (nSPS) is 17.7. The Bertz CT molecular complexity index is 481. The molecule has 0 amide bonds. The van der Waals surface area contributed by atoms with Crippen molar-refractivity contribution in [1.82, 2.24) is 15.6 Å². The highest BCUT2D eigenvalue weighted by Gasteiger charge is 2.31. The van der Waals surface area contributed by atoms with Crippen LogP contribution in [0.2, 0.25) is 0 Å². The van der Waals surface area contributed by atoms with Gasteiger partial charge in [-0.05, 0) is 45.4 Å². The number of aromatic nitrogens is 1. The molecule has 2 N–H and O–H groups in total. The zero-order chi connectivity index (χ0) is 16.0. The van der Waals surface area contributed by atoms with Gasteiger partial charge in [-0.15, -0.1) is 11.3 Å². The molecule has 1 aliphatic carbocycles. The van der Waals surface area contributed by atoms with Gasteiger partial charge in [-0.2, -0.15) is 0 Å². The third kappa shape index (κ3) is 4.45. The van der Waals surface area contributed by atoms with E-state index in [-0.39, 0.29) is 0 Å². The maximum Gasteiger partial charge on any atom is 0.191 e. The van der Waals surface area contributed by atoms with Crippen LogP contribution in [0.5, 0.6) is 0 Å². The molecule has 2 rings (SSSR count). The maximum atomic E-state index is 4.71. The van der Waals surface area contributed by atoms with Crippen LogP contribution < -0.4 is 10.6 Å². The highest BCUT2D eigenvalue weighted by Crippen LogP contribution is 2.40. The summed E-state index contributed by atoms with van der Waals surface area (Å²) in [5.74, 6) is 0.924. The van der Waals surface area contributed by atoms with E-state index in [9.17, 15) is 0 Å². The van der Waals surface area contributed by atoms with Crippen LogP contribution in [0.15, 0.2) is 4.99 Å². The van der Waals surface area contributed by atoms with E-state index < -0.39 is 0 Å². The minimum atomic E-state index is 0.477. The van der Waals surface area contributed by atoms with E-state index in [1.54, 1.807) is 11.3 Å². The number of hydrogen-bond donors (Lipinski definition) is 2. The zero-order valence-corrected chi connectivity index (χ0v) is 15.3. The van der Waals surface area contributed by atoms with Crippen molar-refractivity contribution in [2.24, 2.45) is 10.4 Å². The molecule has 22 heavy (non-hydrogen) atoms. The second kappa shape index (κ2) is 7.95. The van der Waals surface area contributed by atoms with E-state index in [1.807, 2.05) is 0 Å². The summed E-state index contributed by atoms with van der Waals surface area (Å²) in [6.07, 6.45) is 6.70. The van der Waals surface area contributed by atoms with Crippen molar-refractivity contribution in [2.45, 2.75) is 66.3 Å². The molecule has 0 atom stereocenters. The van der Waals surface area contributed by atoms with E-state index in [2.05, 4.69) is 43.3 Å². The number of nitrogens with zero attached hydrogens (tertiary/aromatic N) is 2. The summed E-state index contributed by atoms with van der Waals surface area (Å²) in [5.41, 5.74) is 1.61. The van der Waals surface area contributed by atoms with Crippen molar-refractivity contribution in [3.63, 3.8) is 0 Å². The molecule has 1 fully saturated rings. The van der Waals surface area contributed by atoms with E-state index >= 15 is 0 Å². The molecule has 1 heterocycles.